The van der Waals surface area contributed by atoms with Crippen LogP contribution in [0, 0.1) is 33.6 Å². The molecular formula is C84H139N5O26S5. The number of likely N-dealkylation sites (N-methyl/N-ethyl adjacent to an activating group) is 1. The first-order valence-corrected chi connectivity index (χ1v) is 46.0. The lowest BCUT2D eigenvalue weighted by Gasteiger charge is -2.46. The number of nitrogens with one attached hydrogen (secondary N) is 2. The van der Waals surface area contributed by atoms with E-state index in [9.17, 15) is 44.4 Å². The van der Waals surface area contributed by atoms with Gasteiger partial charge >= 0.3 is 41.9 Å². The van der Waals surface area contributed by atoms with Gasteiger partial charge in [0.25, 0.3) is 0 Å². The van der Waals surface area contributed by atoms with Crippen LogP contribution in [-0.4, -0.2) is 278 Å². The van der Waals surface area contributed by atoms with Crippen molar-refractivity contribution in [3.8, 4) is 0 Å². The Balaban J connectivity index is 2.66. The smallest absolute Gasteiger partial charge is 0.407 e. The number of ketones is 2. The van der Waals surface area contributed by atoms with Gasteiger partial charge in [-0.25, -0.2) is 16.4 Å². The number of carbonyl (C=O) groups excluding carboxylic acids is 9. The number of esters is 5. The molecule has 120 heavy (non-hydrogen) atoms. The molecule has 0 aromatic carbocycles. The van der Waals surface area contributed by atoms with Crippen LogP contribution in [0.2, 0.25) is 0 Å². The number of hydrogen-bond donors (Lipinski definition) is 6. The Kier molecular flexibility index (Phi) is 52.8. The van der Waals surface area contributed by atoms with Crippen molar-refractivity contribution < 1.29 is 125 Å². The summed E-state index contributed by atoms with van der Waals surface area (Å²) in [6.45, 7) is 29.3. The number of carboxylic acids is 1. The summed E-state index contributed by atoms with van der Waals surface area (Å²) >= 11 is 8.00. The van der Waals surface area contributed by atoms with E-state index in [-0.39, 0.29) is 148 Å². The molecule has 7 unspecified atom stereocenters. The Bertz CT molecular complexity index is 3340. The maximum Gasteiger partial charge on any atom is 0.407 e. The fourth-order valence-electron chi connectivity index (χ4n) is 14.6. The first-order chi connectivity index (χ1) is 56.5. The van der Waals surface area contributed by atoms with E-state index in [1.54, 1.807) is 65.9 Å². The summed E-state index contributed by atoms with van der Waals surface area (Å²) in [5.74, 6) is -5.50. The van der Waals surface area contributed by atoms with Crippen molar-refractivity contribution in [2.24, 2.45) is 27.1 Å². The number of pyridine rings is 1. The zero-order chi connectivity index (χ0) is 90.2. The molecule has 12 atom stereocenters. The molecule has 0 radical (unpaired) electrons. The van der Waals surface area contributed by atoms with Gasteiger partial charge in [-0.05, 0) is 162 Å². The molecule has 1 fully saturated rings. The van der Waals surface area contributed by atoms with Crippen molar-refractivity contribution in [2.45, 2.75) is 270 Å². The van der Waals surface area contributed by atoms with Crippen LogP contribution in [0.15, 0.2) is 29.4 Å². The van der Waals surface area contributed by atoms with E-state index >= 15 is 24.0 Å². The standard InChI is InChI=1S/C84H139N5O26S5/c1-18-21-40-109-74(102)82(12,59-84(34-19-2,69(96)97)119-76(116)117-20-3)57-80(10,70(98)110-44-38-89(15)16)55-78(8,71(99)111-49-45-104-17)54-79(9,72(100)112-50-48-107-43-37-87-75(103)115-77(5,6)7)56-81(11,73(101)113-51-52-118-120-64-31-25-26-36-86-64)58-83(13,85-14)35-32-61(92)30-28-39-105-46-47-106-42-33-62(93)29-24-22-23-27-41-108-68-65(88-60(4)91)67(95)66(94)63(53-90)114-68/h25-26,31,36,63,65-68,90,94-95H,18-24,27-30,32-35,37-59H2,1-13,15-17H3,(H,87,103)(H,88,91)(H,96,97)/t63-,65-,66+,67-,68-,78?,79?,80?,81?,82?,83?,84?/m1/s1. The van der Waals surface area contributed by atoms with Crippen molar-refractivity contribution in [2.75, 3.05) is 138 Å². The minimum Gasteiger partial charge on any atom is -0.480 e. The van der Waals surface area contributed by atoms with Gasteiger partial charge in [-0.1, -0.05) is 87.3 Å². The predicted octanol–water partition coefficient (Wildman–Crippen LogP) is 11.6. The number of ether oxygens (including phenoxy) is 12. The molecule has 1 aliphatic heterocycles. The number of nitrogens with zero attached hydrogens (tertiary/aromatic N) is 3. The van der Waals surface area contributed by atoms with E-state index in [2.05, 4.69) is 20.5 Å². The van der Waals surface area contributed by atoms with Crippen LogP contribution in [0.3, 0.4) is 0 Å². The molecule has 2 amide bonds. The molecule has 2 rings (SSSR count). The second kappa shape index (κ2) is 57.3. The monoisotopic (exact) mass is 1790 g/mol. The number of rotatable bonds is 65. The van der Waals surface area contributed by atoms with Crippen LogP contribution in [-0.2, 0) is 100.0 Å². The molecule has 1 saturated heterocycles. The van der Waals surface area contributed by atoms with Crippen LogP contribution < -0.4 is 10.6 Å². The van der Waals surface area contributed by atoms with Crippen molar-refractivity contribution in [3.63, 3.8) is 0 Å². The van der Waals surface area contributed by atoms with E-state index < -0.39 is 167 Å². The summed E-state index contributed by atoms with van der Waals surface area (Å²) in [4.78, 5) is 153. The maximum atomic E-state index is 15.8. The summed E-state index contributed by atoms with van der Waals surface area (Å²) in [5.41, 5.74) is -12.0. The zero-order valence-electron chi connectivity index (χ0n) is 73.7. The van der Waals surface area contributed by atoms with Crippen molar-refractivity contribution in [1.29, 1.82) is 0 Å². The second-order valence-electron chi connectivity index (χ2n) is 33.4. The number of thioether (sulfide) groups is 2. The molecular weight excluding hydrogens is 1660 g/mol. The molecule has 36 heteroatoms. The Hall–Kier alpha value is -5.37. The van der Waals surface area contributed by atoms with E-state index in [0.717, 1.165) is 24.6 Å². The van der Waals surface area contributed by atoms with Gasteiger partial charge in [0.05, 0.1) is 79.9 Å². The van der Waals surface area contributed by atoms with Gasteiger partial charge in [-0.2, -0.15) is 0 Å². The lowest BCUT2D eigenvalue weighted by molar-refractivity contribution is -0.270. The molecule has 686 valence electrons. The minimum absolute atomic E-state index is 0.0214. The molecule has 0 aliphatic carbocycles. The number of aliphatic carboxylic acids is 1. The van der Waals surface area contributed by atoms with Gasteiger partial charge in [0.1, 0.15) is 81.3 Å². The third kappa shape index (κ3) is 42.1. The summed E-state index contributed by atoms with van der Waals surface area (Å²) in [7, 11) is 7.67. The van der Waals surface area contributed by atoms with Gasteiger partial charge in [-0.15, -0.1) is 11.8 Å². The van der Waals surface area contributed by atoms with E-state index in [1.165, 1.54) is 75.1 Å². The summed E-state index contributed by atoms with van der Waals surface area (Å²) in [5, 5.41) is 47.6. The zero-order valence-corrected chi connectivity index (χ0v) is 77.8. The molecule has 1 aromatic rings. The number of Topliss-reactive ketones (excluding diaryl/α,β-unsaturated/α-hetero) is 2. The number of unbranched alkanes of at least 4 members (excludes halogenated alkanes) is 4. The summed E-state index contributed by atoms with van der Waals surface area (Å²) in [6.07, 6.45) is -1.86. The topological polar surface area (TPSA) is 407 Å². The number of aromatic nitrogens is 1. The van der Waals surface area contributed by atoms with Crippen molar-refractivity contribution in [3.05, 3.63) is 35.8 Å². The first kappa shape index (κ1) is 111. The molecule has 0 bridgehead atoms. The molecule has 0 spiro atoms. The third-order valence-electron chi connectivity index (χ3n) is 19.9. The predicted molar refractivity (Wildman–Crippen MR) is 464 cm³/mol. The fourth-order valence-corrected chi connectivity index (χ4v) is 19.5. The Morgan fingerprint density at radius 3 is 1.69 bits per heavy atom. The van der Waals surface area contributed by atoms with Crippen molar-refractivity contribution >= 4 is 120 Å². The number of aliphatic hydroxyl groups excluding tert-OH is 3. The molecule has 1 aliphatic rings. The number of amides is 2. The Labute approximate surface area is 732 Å². The summed E-state index contributed by atoms with van der Waals surface area (Å²) in [6, 6.07) is 4.40. The average molecular weight is 1800 g/mol. The SMILES string of the molecule is [C-]#[N+]C(C)(CCC(=O)CCCOCCOCCC(=O)CCCCCCO[C@@H]1O[C@H](CO)[C@H](O)[C@H](O)[C@H]1NC(C)=O)CC(C)(CC(C)(CC(C)(CC(C)(CC(C)(CC(CCC)(SC(=S)SCC)C(=O)O)C(=O)OCCCC)C(=O)OCCN(C)C)C(=O)OCCOC)C(=O)OCCOCCNC(=O)OC(C)(C)C)C(=O)OCCSSc1ccccn1. The van der Waals surface area contributed by atoms with Gasteiger partial charge in [0.2, 0.25) is 11.4 Å². The quantitative estimate of drug-likeness (QED) is 0.00881. The number of carboxylic acid groups (broad SMARTS) is 1. The molecule has 31 nitrogen and oxygen atoms in total. The molecule has 0 saturated carbocycles. The number of thiocarbonyl (C=S) groups is 1. The van der Waals surface area contributed by atoms with Crippen LogP contribution in [0.4, 0.5) is 4.79 Å². The highest BCUT2D eigenvalue weighted by Gasteiger charge is 2.60. The Morgan fingerprint density at radius 1 is 0.608 bits per heavy atom. The van der Waals surface area contributed by atoms with Crippen LogP contribution in [0.5, 0.6) is 0 Å². The molecule has 2 heterocycles. The van der Waals surface area contributed by atoms with Crippen LogP contribution in [0.25, 0.3) is 4.85 Å². The fraction of sp³-hybridized carbons (Fsp3) is 0.798. The number of hydrogen-bond acceptors (Lipinski definition) is 32. The van der Waals surface area contributed by atoms with Crippen molar-refractivity contribution in [1.82, 2.24) is 20.5 Å². The maximum absolute atomic E-state index is 15.8. The van der Waals surface area contributed by atoms with Gasteiger partial charge in [0.15, 0.2) is 6.29 Å². The molecule has 6 N–H and O–H groups in total. The first-order valence-electron chi connectivity index (χ1n) is 41.5. The second-order valence-corrected chi connectivity index (χ2v) is 39.7. The number of methoxy groups -OCH3 is 1. The Morgan fingerprint density at radius 2 is 1.15 bits per heavy atom. The highest BCUT2D eigenvalue weighted by molar-refractivity contribution is 8.76. The molecule has 1 aromatic heterocycles. The minimum atomic E-state index is -2.03. The number of carbonyl (C=O) groups is 10. The van der Waals surface area contributed by atoms with Crippen LogP contribution >= 0.6 is 57.3 Å². The lowest BCUT2D eigenvalue weighted by atomic mass is 9.58. The number of alkyl carbamates (subject to hydrolysis) is 1. The normalized spacial score (nSPS) is 19.0. The number of aliphatic hydroxyl groups is 3. The average Bonchev–Trinajstić information content (AvgIpc) is 0.752. The van der Waals surface area contributed by atoms with Crippen LogP contribution in [0.1, 0.15) is 218 Å². The van der Waals surface area contributed by atoms with Gasteiger partial charge < -0.3 is 97.6 Å². The van der Waals surface area contributed by atoms with Gasteiger partial charge in [-0.3, -0.25) is 43.2 Å². The largest absolute Gasteiger partial charge is 0.480 e. The van der Waals surface area contributed by atoms with E-state index in [1.807, 2.05) is 32.9 Å². The highest BCUT2D eigenvalue weighted by Crippen LogP contribution is 2.56. The van der Waals surface area contributed by atoms with E-state index in [0.29, 0.717) is 59.3 Å². The van der Waals surface area contributed by atoms with E-state index in [4.69, 9.17) is 75.6 Å². The highest BCUT2D eigenvalue weighted by atomic mass is 33.1. The lowest BCUT2D eigenvalue weighted by Crippen LogP contribution is -2.64. The third-order valence-corrected chi connectivity index (χ3v) is 25.0. The van der Waals surface area contributed by atoms with Gasteiger partial charge in [0, 0.05) is 97.7 Å². The summed E-state index contributed by atoms with van der Waals surface area (Å²) < 4.78 is 68.4.